The first kappa shape index (κ1) is 22.0. The molecule has 0 spiro atoms. The SMILES string of the molecule is CCN1CCC(N(C)C(=O)C[C@@H]2CCC[C@H]2N)CC1C.Cl.Cl. The van der Waals surface area contributed by atoms with Gasteiger partial charge in [0.2, 0.25) is 5.91 Å². The Bertz CT molecular complexity index is 343. The van der Waals surface area contributed by atoms with E-state index in [1.807, 2.05) is 11.9 Å². The number of likely N-dealkylation sites (tertiary alicyclic amines) is 1. The average Bonchev–Trinajstić information content (AvgIpc) is 2.83. The van der Waals surface area contributed by atoms with Crippen molar-refractivity contribution in [3.8, 4) is 0 Å². The van der Waals surface area contributed by atoms with Crippen LogP contribution in [0.25, 0.3) is 0 Å². The highest BCUT2D eigenvalue weighted by Gasteiger charge is 2.32. The second-order valence-corrected chi connectivity index (χ2v) is 6.72. The molecule has 132 valence electrons. The molecule has 0 aromatic heterocycles. The molecule has 2 fully saturated rings. The predicted octanol–water partition coefficient (Wildman–Crippen LogP) is 2.68. The van der Waals surface area contributed by atoms with Gasteiger partial charge in [-0.15, -0.1) is 24.8 Å². The number of hydrogen-bond donors (Lipinski definition) is 1. The van der Waals surface area contributed by atoms with Crippen LogP contribution in [-0.2, 0) is 4.79 Å². The Morgan fingerprint density at radius 3 is 2.45 bits per heavy atom. The van der Waals surface area contributed by atoms with E-state index in [4.69, 9.17) is 5.73 Å². The number of carbonyl (C=O) groups is 1. The number of halogens is 2. The Hall–Kier alpha value is -0.0300. The zero-order valence-corrected chi connectivity index (χ0v) is 15.8. The summed E-state index contributed by atoms with van der Waals surface area (Å²) in [7, 11) is 1.99. The summed E-state index contributed by atoms with van der Waals surface area (Å²) in [6.45, 7) is 6.72. The number of nitrogens with two attached hydrogens (primary N) is 1. The van der Waals surface area contributed by atoms with Crippen LogP contribution < -0.4 is 5.73 Å². The molecule has 1 saturated carbocycles. The zero-order valence-electron chi connectivity index (χ0n) is 14.2. The first-order valence-electron chi connectivity index (χ1n) is 8.28. The van der Waals surface area contributed by atoms with E-state index in [1.54, 1.807) is 0 Å². The third kappa shape index (κ3) is 5.26. The van der Waals surface area contributed by atoms with Gasteiger partial charge in [-0.05, 0) is 45.1 Å². The van der Waals surface area contributed by atoms with Crippen LogP contribution in [0.15, 0.2) is 0 Å². The lowest BCUT2D eigenvalue weighted by molar-refractivity contribution is -0.134. The van der Waals surface area contributed by atoms with Gasteiger partial charge in [0.05, 0.1) is 0 Å². The van der Waals surface area contributed by atoms with Gasteiger partial charge in [-0.25, -0.2) is 0 Å². The van der Waals surface area contributed by atoms with Crippen LogP contribution in [0, 0.1) is 5.92 Å². The average molecular weight is 354 g/mol. The molecule has 1 saturated heterocycles. The highest BCUT2D eigenvalue weighted by molar-refractivity contribution is 5.85. The van der Waals surface area contributed by atoms with Gasteiger partial charge in [-0.2, -0.15) is 0 Å². The number of piperidine rings is 1. The summed E-state index contributed by atoms with van der Waals surface area (Å²) in [5.74, 6) is 0.715. The molecular weight excluding hydrogens is 321 g/mol. The van der Waals surface area contributed by atoms with Crippen LogP contribution in [0.3, 0.4) is 0 Å². The first-order chi connectivity index (χ1) is 9.52. The molecule has 0 aromatic carbocycles. The van der Waals surface area contributed by atoms with Crippen molar-refractivity contribution in [2.24, 2.45) is 11.7 Å². The van der Waals surface area contributed by atoms with Crippen molar-refractivity contribution in [1.82, 2.24) is 9.80 Å². The van der Waals surface area contributed by atoms with Crippen molar-refractivity contribution in [2.45, 2.75) is 70.5 Å². The van der Waals surface area contributed by atoms with Gasteiger partial charge < -0.3 is 15.5 Å². The minimum atomic E-state index is 0. The summed E-state index contributed by atoms with van der Waals surface area (Å²) < 4.78 is 0. The molecule has 4 nitrogen and oxygen atoms in total. The summed E-state index contributed by atoms with van der Waals surface area (Å²) in [5.41, 5.74) is 6.09. The normalized spacial score (nSPS) is 32.0. The molecule has 2 N–H and O–H groups in total. The number of carbonyl (C=O) groups excluding carboxylic acids is 1. The van der Waals surface area contributed by atoms with Crippen molar-refractivity contribution in [3.05, 3.63) is 0 Å². The maximum absolute atomic E-state index is 12.5. The van der Waals surface area contributed by atoms with Crippen molar-refractivity contribution >= 4 is 30.7 Å². The van der Waals surface area contributed by atoms with E-state index in [1.165, 1.54) is 6.42 Å². The topological polar surface area (TPSA) is 49.6 Å². The van der Waals surface area contributed by atoms with Crippen LogP contribution >= 0.6 is 24.8 Å². The minimum Gasteiger partial charge on any atom is -0.343 e. The Labute approximate surface area is 148 Å². The summed E-state index contributed by atoms with van der Waals surface area (Å²) in [6.07, 6.45) is 6.28. The Morgan fingerprint density at radius 2 is 1.95 bits per heavy atom. The minimum absolute atomic E-state index is 0. The monoisotopic (exact) mass is 353 g/mol. The molecule has 0 aromatic rings. The largest absolute Gasteiger partial charge is 0.343 e. The van der Waals surface area contributed by atoms with Crippen molar-refractivity contribution in [1.29, 1.82) is 0 Å². The van der Waals surface area contributed by atoms with E-state index in [0.29, 0.717) is 30.3 Å². The van der Waals surface area contributed by atoms with E-state index in [9.17, 15) is 4.79 Å². The van der Waals surface area contributed by atoms with E-state index in [-0.39, 0.29) is 30.9 Å². The summed E-state index contributed by atoms with van der Waals surface area (Å²) in [6, 6.07) is 1.24. The molecule has 1 aliphatic heterocycles. The maximum Gasteiger partial charge on any atom is 0.222 e. The molecular formula is C16H33Cl2N3O. The summed E-state index contributed by atoms with van der Waals surface area (Å²) in [4.78, 5) is 17.0. The van der Waals surface area contributed by atoms with Crippen LogP contribution in [0.4, 0.5) is 0 Å². The van der Waals surface area contributed by atoms with Gasteiger partial charge in [-0.1, -0.05) is 13.3 Å². The number of rotatable bonds is 4. The molecule has 2 unspecified atom stereocenters. The number of hydrogen-bond acceptors (Lipinski definition) is 3. The van der Waals surface area contributed by atoms with Crippen LogP contribution in [0.5, 0.6) is 0 Å². The second kappa shape index (κ2) is 9.96. The molecule has 0 bridgehead atoms. The quantitative estimate of drug-likeness (QED) is 0.845. The molecule has 6 heteroatoms. The fourth-order valence-electron chi connectivity index (χ4n) is 3.91. The molecule has 2 rings (SSSR count). The van der Waals surface area contributed by atoms with Gasteiger partial charge in [0.25, 0.3) is 0 Å². The Kier molecular flexibility index (Phi) is 9.95. The standard InChI is InChI=1S/C16H31N3O.2ClH/c1-4-19-9-8-14(10-12(19)2)18(3)16(20)11-13-6-5-7-15(13)17;;/h12-15H,4-11,17H2,1-3H3;2*1H/t12?,13-,14?,15+;;/m0../s1. The molecule has 22 heavy (non-hydrogen) atoms. The molecule has 0 radical (unpaired) electrons. The third-order valence-electron chi connectivity index (χ3n) is 5.49. The highest BCUT2D eigenvalue weighted by Crippen LogP contribution is 2.28. The van der Waals surface area contributed by atoms with Crippen LogP contribution in [-0.4, -0.2) is 54.0 Å². The van der Waals surface area contributed by atoms with E-state index in [2.05, 4.69) is 18.7 Å². The highest BCUT2D eigenvalue weighted by atomic mass is 35.5. The van der Waals surface area contributed by atoms with Crippen LogP contribution in [0.1, 0.15) is 52.4 Å². The summed E-state index contributed by atoms with van der Waals surface area (Å²) in [5, 5.41) is 0. The third-order valence-corrected chi connectivity index (χ3v) is 5.49. The van der Waals surface area contributed by atoms with Gasteiger partial charge in [-0.3, -0.25) is 4.79 Å². The summed E-state index contributed by atoms with van der Waals surface area (Å²) >= 11 is 0. The fraction of sp³-hybridized carbons (Fsp3) is 0.938. The smallest absolute Gasteiger partial charge is 0.222 e. The van der Waals surface area contributed by atoms with Crippen molar-refractivity contribution in [3.63, 3.8) is 0 Å². The van der Waals surface area contributed by atoms with Crippen molar-refractivity contribution < 1.29 is 4.79 Å². The lowest BCUT2D eigenvalue weighted by Gasteiger charge is -2.41. The van der Waals surface area contributed by atoms with E-state index in [0.717, 1.165) is 38.8 Å². The van der Waals surface area contributed by atoms with Gasteiger partial charge >= 0.3 is 0 Å². The van der Waals surface area contributed by atoms with Gasteiger partial charge in [0, 0.05) is 38.1 Å². The fourth-order valence-corrected chi connectivity index (χ4v) is 3.91. The lowest BCUT2D eigenvalue weighted by Crippen LogP contribution is -2.49. The molecule has 1 aliphatic carbocycles. The zero-order chi connectivity index (χ0) is 14.7. The Morgan fingerprint density at radius 1 is 1.27 bits per heavy atom. The van der Waals surface area contributed by atoms with Crippen LogP contribution in [0.2, 0.25) is 0 Å². The maximum atomic E-state index is 12.5. The lowest BCUT2D eigenvalue weighted by atomic mass is 9.95. The molecule has 1 amide bonds. The van der Waals surface area contributed by atoms with Crippen molar-refractivity contribution in [2.75, 3.05) is 20.1 Å². The van der Waals surface area contributed by atoms with Gasteiger partial charge in [0.1, 0.15) is 0 Å². The van der Waals surface area contributed by atoms with E-state index < -0.39 is 0 Å². The second-order valence-electron chi connectivity index (χ2n) is 6.72. The molecule has 2 aliphatic rings. The molecule has 1 heterocycles. The first-order valence-corrected chi connectivity index (χ1v) is 8.28. The number of amides is 1. The Balaban J connectivity index is 0.00000220. The van der Waals surface area contributed by atoms with Gasteiger partial charge in [0.15, 0.2) is 0 Å². The molecule has 4 atom stereocenters. The number of nitrogens with zero attached hydrogens (tertiary/aromatic N) is 2. The predicted molar refractivity (Wildman–Crippen MR) is 96.9 cm³/mol. The van der Waals surface area contributed by atoms with E-state index >= 15 is 0 Å².